The molecule has 0 spiro atoms. The predicted octanol–water partition coefficient (Wildman–Crippen LogP) is 0.628. The number of ether oxygens (including phenoxy) is 1. The van der Waals surface area contributed by atoms with E-state index >= 15 is 0 Å². The molecule has 9 nitrogen and oxygen atoms in total. The molecule has 1 N–H and O–H groups in total. The van der Waals surface area contributed by atoms with Gasteiger partial charge in [-0.15, -0.1) is 5.10 Å². The van der Waals surface area contributed by atoms with Gasteiger partial charge in [-0.2, -0.15) is 9.94 Å². The molecule has 1 aliphatic rings. The van der Waals surface area contributed by atoms with E-state index in [0.29, 0.717) is 5.69 Å². The topological polar surface area (TPSA) is 123 Å². The smallest absolute Gasteiger partial charge is 0.340 e. The number of rotatable bonds is 6. The lowest BCUT2D eigenvalue weighted by atomic mass is 9.98. The number of nitrogens with zero attached hydrogens (tertiary/aromatic N) is 5. The van der Waals surface area contributed by atoms with Crippen LogP contribution in [0.15, 0.2) is 30.6 Å². The molecule has 1 heterocycles. The van der Waals surface area contributed by atoms with Crippen molar-refractivity contribution in [3.8, 4) is 11.8 Å². The van der Waals surface area contributed by atoms with Crippen LogP contribution in [0, 0.1) is 17.2 Å². The van der Waals surface area contributed by atoms with Crippen molar-refractivity contribution in [2.75, 3.05) is 6.61 Å². The number of nitriles is 1. The van der Waals surface area contributed by atoms with Gasteiger partial charge in [0.05, 0.1) is 17.3 Å². The number of amides is 1. The molecule has 1 saturated carbocycles. The third-order valence-corrected chi connectivity index (χ3v) is 4.08. The first-order valence-corrected chi connectivity index (χ1v) is 7.75. The van der Waals surface area contributed by atoms with Gasteiger partial charge in [0.2, 0.25) is 0 Å². The van der Waals surface area contributed by atoms with Gasteiger partial charge in [-0.1, -0.05) is 12.1 Å². The van der Waals surface area contributed by atoms with Crippen molar-refractivity contribution in [1.29, 1.82) is 5.26 Å². The number of hydrogen-bond acceptors (Lipinski definition) is 7. The molecule has 1 aliphatic carbocycles. The van der Waals surface area contributed by atoms with E-state index in [4.69, 9.17) is 4.74 Å². The Morgan fingerprint density at radius 3 is 2.84 bits per heavy atom. The Kier molecular flexibility index (Phi) is 4.43. The maximum Gasteiger partial charge on any atom is 0.340 e. The number of benzene rings is 1. The molecule has 0 saturated heterocycles. The van der Waals surface area contributed by atoms with Crippen molar-refractivity contribution in [3.63, 3.8) is 0 Å². The standard InChI is InChI=1S/C16H16N6O3/c1-16(9-17,11-6-7-11)19-14(23)8-25-15(24)12-4-2-3-5-13(12)22-10-18-20-21-22/h2-5,10-11H,6-8H2,1H3,(H,19,23)/t16-/m1/s1. The summed E-state index contributed by atoms with van der Waals surface area (Å²) in [5.74, 6) is -1.03. The second kappa shape index (κ2) is 6.68. The summed E-state index contributed by atoms with van der Waals surface area (Å²) in [5.41, 5.74) is -0.251. The predicted molar refractivity (Wildman–Crippen MR) is 84.3 cm³/mol. The lowest BCUT2D eigenvalue weighted by molar-refractivity contribution is -0.125. The van der Waals surface area contributed by atoms with Gasteiger partial charge in [-0.3, -0.25) is 4.79 Å². The SMILES string of the molecule is C[C@](C#N)(NC(=O)COC(=O)c1ccccc1-n1cnnn1)C1CC1. The highest BCUT2D eigenvalue weighted by molar-refractivity contribution is 5.94. The molecule has 0 bridgehead atoms. The zero-order valence-corrected chi connectivity index (χ0v) is 13.5. The molecule has 128 valence electrons. The minimum absolute atomic E-state index is 0.151. The van der Waals surface area contributed by atoms with Gasteiger partial charge in [-0.05, 0) is 48.2 Å². The summed E-state index contributed by atoms with van der Waals surface area (Å²) in [5, 5.41) is 22.7. The van der Waals surface area contributed by atoms with Crippen LogP contribution in [-0.4, -0.2) is 44.2 Å². The number of para-hydroxylation sites is 1. The van der Waals surface area contributed by atoms with E-state index in [9.17, 15) is 14.9 Å². The maximum atomic E-state index is 12.3. The number of hydrogen-bond donors (Lipinski definition) is 1. The fourth-order valence-corrected chi connectivity index (χ4v) is 2.53. The van der Waals surface area contributed by atoms with Crippen LogP contribution < -0.4 is 5.32 Å². The molecule has 2 aromatic rings. The van der Waals surface area contributed by atoms with Crippen molar-refractivity contribution >= 4 is 11.9 Å². The summed E-state index contributed by atoms with van der Waals surface area (Å²) in [6, 6.07) is 8.74. The Bertz CT molecular complexity index is 825. The Morgan fingerprint density at radius 1 is 1.44 bits per heavy atom. The first-order chi connectivity index (χ1) is 12.0. The van der Waals surface area contributed by atoms with Crippen molar-refractivity contribution in [2.45, 2.75) is 25.3 Å². The summed E-state index contributed by atoms with van der Waals surface area (Å²) < 4.78 is 6.41. The zero-order valence-electron chi connectivity index (χ0n) is 13.5. The number of nitrogens with one attached hydrogen (secondary N) is 1. The van der Waals surface area contributed by atoms with Crippen LogP contribution >= 0.6 is 0 Å². The van der Waals surface area contributed by atoms with Crippen LogP contribution in [0.3, 0.4) is 0 Å². The molecule has 1 aromatic heterocycles. The molecule has 1 fully saturated rings. The average Bonchev–Trinajstić information content (AvgIpc) is 3.35. The Hall–Kier alpha value is -3.28. The summed E-state index contributed by atoms with van der Waals surface area (Å²) in [7, 11) is 0. The lowest BCUT2D eigenvalue weighted by Crippen LogP contribution is -2.48. The van der Waals surface area contributed by atoms with Crippen LogP contribution in [0.4, 0.5) is 0 Å². The molecule has 0 radical (unpaired) electrons. The number of carbonyl (C=O) groups excluding carboxylic acids is 2. The van der Waals surface area contributed by atoms with E-state index in [1.54, 1.807) is 31.2 Å². The second-order valence-corrected chi connectivity index (χ2v) is 5.98. The van der Waals surface area contributed by atoms with Gasteiger partial charge < -0.3 is 10.1 Å². The van der Waals surface area contributed by atoms with E-state index in [2.05, 4.69) is 26.9 Å². The van der Waals surface area contributed by atoms with Gasteiger partial charge >= 0.3 is 5.97 Å². The molecule has 1 aromatic carbocycles. The first-order valence-electron chi connectivity index (χ1n) is 7.75. The quantitative estimate of drug-likeness (QED) is 0.765. The second-order valence-electron chi connectivity index (χ2n) is 5.98. The van der Waals surface area contributed by atoms with Crippen molar-refractivity contribution in [3.05, 3.63) is 36.2 Å². The van der Waals surface area contributed by atoms with Crippen molar-refractivity contribution < 1.29 is 14.3 Å². The molecule has 0 unspecified atom stereocenters. The molecular weight excluding hydrogens is 324 g/mol. The van der Waals surface area contributed by atoms with E-state index < -0.39 is 24.0 Å². The largest absolute Gasteiger partial charge is 0.452 e. The van der Waals surface area contributed by atoms with Crippen LogP contribution in [0.2, 0.25) is 0 Å². The first kappa shape index (κ1) is 16.6. The number of carbonyl (C=O) groups is 2. The molecule has 1 atom stereocenters. The third kappa shape index (κ3) is 3.63. The molecule has 1 amide bonds. The summed E-state index contributed by atoms with van der Waals surface area (Å²) in [4.78, 5) is 24.3. The number of tetrazole rings is 1. The van der Waals surface area contributed by atoms with Crippen LogP contribution in [0.5, 0.6) is 0 Å². The molecule has 0 aliphatic heterocycles. The minimum atomic E-state index is -0.923. The highest BCUT2D eigenvalue weighted by Crippen LogP contribution is 2.39. The molecule has 25 heavy (non-hydrogen) atoms. The summed E-state index contributed by atoms with van der Waals surface area (Å²) >= 11 is 0. The molecule has 9 heteroatoms. The number of aromatic nitrogens is 4. The summed E-state index contributed by atoms with van der Waals surface area (Å²) in [6.07, 6.45) is 3.17. The van der Waals surface area contributed by atoms with Gasteiger partial charge in [-0.25, -0.2) is 4.79 Å². The Labute approximate surface area is 143 Å². The normalized spacial score (nSPS) is 15.7. The van der Waals surface area contributed by atoms with E-state index in [0.717, 1.165) is 12.8 Å². The fraction of sp³-hybridized carbons (Fsp3) is 0.375. The lowest BCUT2D eigenvalue weighted by Gasteiger charge is -2.22. The van der Waals surface area contributed by atoms with Gasteiger partial charge in [0, 0.05) is 0 Å². The maximum absolute atomic E-state index is 12.3. The zero-order chi connectivity index (χ0) is 17.9. The van der Waals surface area contributed by atoms with Gasteiger partial charge in [0.1, 0.15) is 11.9 Å². The van der Waals surface area contributed by atoms with E-state index in [1.807, 2.05) is 0 Å². The molecular formula is C16H16N6O3. The monoisotopic (exact) mass is 340 g/mol. The highest BCUT2D eigenvalue weighted by Gasteiger charge is 2.43. The van der Waals surface area contributed by atoms with Crippen LogP contribution in [-0.2, 0) is 9.53 Å². The summed E-state index contributed by atoms with van der Waals surface area (Å²) in [6.45, 7) is 1.21. The molecule has 3 rings (SSSR count). The average molecular weight is 340 g/mol. The Morgan fingerprint density at radius 2 is 2.20 bits per heavy atom. The van der Waals surface area contributed by atoms with Crippen LogP contribution in [0.1, 0.15) is 30.1 Å². The van der Waals surface area contributed by atoms with Crippen LogP contribution in [0.25, 0.3) is 5.69 Å². The van der Waals surface area contributed by atoms with Gasteiger partial charge in [0.25, 0.3) is 5.91 Å². The van der Waals surface area contributed by atoms with E-state index in [1.165, 1.54) is 11.0 Å². The highest BCUT2D eigenvalue weighted by atomic mass is 16.5. The van der Waals surface area contributed by atoms with Crippen molar-refractivity contribution in [2.24, 2.45) is 5.92 Å². The Balaban J connectivity index is 1.64. The minimum Gasteiger partial charge on any atom is -0.452 e. The third-order valence-electron chi connectivity index (χ3n) is 4.08. The fourth-order valence-electron chi connectivity index (χ4n) is 2.53. The van der Waals surface area contributed by atoms with E-state index in [-0.39, 0.29) is 11.5 Å². The number of esters is 1. The van der Waals surface area contributed by atoms with Crippen molar-refractivity contribution in [1.82, 2.24) is 25.5 Å². The van der Waals surface area contributed by atoms with Gasteiger partial charge in [0.15, 0.2) is 6.61 Å².